The van der Waals surface area contributed by atoms with E-state index in [0.29, 0.717) is 17.1 Å². The van der Waals surface area contributed by atoms with E-state index >= 15 is 0 Å². The summed E-state index contributed by atoms with van der Waals surface area (Å²) in [4.78, 5) is 14.5. The van der Waals surface area contributed by atoms with Crippen molar-refractivity contribution in [3.8, 4) is 11.1 Å². The number of carbonyl (C=O) groups excluding carboxylic acids is 1. The summed E-state index contributed by atoms with van der Waals surface area (Å²) in [5.74, 6) is -0.0608. The standard InChI is InChI=1S/C21H25ClN2O2/c22-20-7-2-1-6-19(20)16-8-10-17(11-9-16)21(26)23-12-4-14-24-13-3-5-18(25)15-24/h1-2,6-11,18,25H,3-5,12-15H2,(H,23,26)/t18-/m0/s1. The molecule has 1 aliphatic rings. The summed E-state index contributed by atoms with van der Waals surface area (Å²) in [6.45, 7) is 3.33. The number of aliphatic hydroxyl groups is 1. The molecular formula is C21H25ClN2O2. The number of hydrogen-bond donors (Lipinski definition) is 2. The number of rotatable bonds is 6. The first kappa shape index (κ1) is 18.9. The Balaban J connectivity index is 1.47. The van der Waals surface area contributed by atoms with Gasteiger partial charge in [0.15, 0.2) is 0 Å². The van der Waals surface area contributed by atoms with E-state index in [-0.39, 0.29) is 12.0 Å². The molecule has 0 unspecified atom stereocenters. The first-order valence-electron chi connectivity index (χ1n) is 9.17. The summed E-state index contributed by atoms with van der Waals surface area (Å²) in [6, 6.07) is 15.2. The van der Waals surface area contributed by atoms with Gasteiger partial charge in [0, 0.05) is 29.2 Å². The minimum Gasteiger partial charge on any atom is -0.392 e. The normalized spacial score (nSPS) is 17.8. The fraction of sp³-hybridized carbons (Fsp3) is 0.381. The highest BCUT2D eigenvalue weighted by molar-refractivity contribution is 6.33. The maximum Gasteiger partial charge on any atom is 0.251 e. The molecule has 1 atom stereocenters. The van der Waals surface area contributed by atoms with Crippen molar-refractivity contribution in [1.82, 2.24) is 10.2 Å². The van der Waals surface area contributed by atoms with Crippen LogP contribution in [0.2, 0.25) is 5.02 Å². The second kappa shape index (κ2) is 9.17. The lowest BCUT2D eigenvalue weighted by Crippen LogP contribution is -2.39. The number of amides is 1. The van der Waals surface area contributed by atoms with Crippen molar-refractivity contribution in [3.05, 3.63) is 59.1 Å². The fourth-order valence-electron chi connectivity index (χ4n) is 3.34. The molecule has 1 heterocycles. The van der Waals surface area contributed by atoms with Gasteiger partial charge in [-0.2, -0.15) is 0 Å². The number of likely N-dealkylation sites (tertiary alicyclic amines) is 1. The maximum atomic E-state index is 12.3. The number of benzene rings is 2. The Morgan fingerprint density at radius 2 is 1.96 bits per heavy atom. The van der Waals surface area contributed by atoms with Gasteiger partial charge in [0.2, 0.25) is 0 Å². The van der Waals surface area contributed by atoms with Crippen LogP contribution in [0.1, 0.15) is 29.6 Å². The van der Waals surface area contributed by atoms with Crippen LogP contribution in [0, 0.1) is 0 Å². The lowest BCUT2D eigenvalue weighted by atomic mass is 10.0. The van der Waals surface area contributed by atoms with Crippen LogP contribution in [0.5, 0.6) is 0 Å². The summed E-state index contributed by atoms with van der Waals surface area (Å²) in [7, 11) is 0. The number of β-amino-alcohol motifs (C(OH)–C–C–N with tert-alkyl or cyclic N) is 1. The van der Waals surface area contributed by atoms with E-state index < -0.39 is 0 Å². The van der Waals surface area contributed by atoms with Crippen LogP contribution in [0.15, 0.2) is 48.5 Å². The van der Waals surface area contributed by atoms with Gasteiger partial charge < -0.3 is 15.3 Å². The Morgan fingerprint density at radius 1 is 1.19 bits per heavy atom. The SMILES string of the molecule is O=C(NCCCN1CCC[C@H](O)C1)c1ccc(-c2ccccc2Cl)cc1. The predicted molar refractivity (Wildman–Crippen MR) is 106 cm³/mol. The van der Waals surface area contributed by atoms with Crippen LogP contribution >= 0.6 is 11.6 Å². The van der Waals surface area contributed by atoms with Crippen LogP contribution in [0.3, 0.4) is 0 Å². The van der Waals surface area contributed by atoms with E-state index in [4.69, 9.17) is 11.6 Å². The van der Waals surface area contributed by atoms with E-state index in [9.17, 15) is 9.90 Å². The van der Waals surface area contributed by atoms with Gasteiger partial charge >= 0.3 is 0 Å². The minimum atomic E-state index is -0.199. The molecule has 26 heavy (non-hydrogen) atoms. The third-order valence-electron chi connectivity index (χ3n) is 4.75. The molecule has 0 spiro atoms. The molecule has 2 N–H and O–H groups in total. The van der Waals surface area contributed by atoms with Crippen molar-refractivity contribution < 1.29 is 9.90 Å². The van der Waals surface area contributed by atoms with Gasteiger partial charge in [0.05, 0.1) is 6.10 Å². The van der Waals surface area contributed by atoms with Gasteiger partial charge in [-0.05, 0) is 56.1 Å². The molecule has 0 radical (unpaired) electrons. The highest BCUT2D eigenvalue weighted by Gasteiger charge is 2.16. The molecule has 1 amide bonds. The average molecular weight is 373 g/mol. The van der Waals surface area contributed by atoms with E-state index in [1.165, 1.54) is 0 Å². The van der Waals surface area contributed by atoms with Crippen molar-refractivity contribution in [3.63, 3.8) is 0 Å². The molecule has 0 saturated carbocycles. The van der Waals surface area contributed by atoms with Crippen LogP contribution < -0.4 is 5.32 Å². The molecule has 1 saturated heterocycles. The maximum absolute atomic E-state index is 12.3. The number of nitrogens with zero attached hydrogens (tertiary/aromatic N) is 1. The number of nitrogens with one attached hydrogen (secondary N) is 1. The zero-order valence-corrected chi connectivity index (χ0v) is 15.6. The summed E-state index contributed by atoms with van der Waals surface area (Å²) < 4.78 is 0. The molecular weight excluding hydrogens is 348 g/mol. The second-order valence-electron chi connectivity index (χ2n) is 6.76. The minimum absolute atomic E-state index is 0.0608. The molecule has 1 aliphatic heterocycles. The zero-order valence-electron chi connectivity index (χ0n) is 14.8. The lowest BCUT2D eigenvalue weighted by Gasteiger charge is -2.29. The fourth-order valence-corrected chi connectivity index (χ4v) is 3.58. The van der Waals surface area contributed by atoms with Crippen molar-refractivity contribution in [2.24, 2.45) is 0 Å². The van der Waals surface area contributed by atoms with Crippen molar-refractivity contribution in [2.45, 2.75) is 25.4 Å². The van der Waals surface area contributed by atoms with Crippen molar-refractivity contribution in [1.29, 1.82) is 0 Å². The predicted octanol–water partition coefficient (Wildman–Crippen LogP) is 3.58. The molecule has 2 aromatic rings. The van der Waals surface area contributed by atoms with Crippen LogP contribution in [-0.2, 0) is 0 Å². The van der Waals surface area contributed by atoms with Gasteiger partial charge in [-0.1, -0.05) is 41.9 Å². The van der Waals surface area contributed by atoms with Gasteiger partial charge in [-0.15, -0.1) is 0 Å². The Kier molecular flexibility index (Phi) is 6.67. The number of aliphatic hydroxyl groups excluding tert-OH is 1. The molecule has 138 valence electrons. The first-order valence-corrected chi connectivity index (χ1v) is 9.55. The van der Waals surface area contributed by atoms with E-state index in [2.05, 4.69) is 10.2 Å². The Bertz CT molecular complexity index is 733. The summed E-state index contributed by atoms with van der Waals surface area (Å²) in [6.07, 6.45) is 2.63. The molecule has 2 aromatic carbocycles. The van der Waals surface area contributed by atoms with Crippen LogP contribution in [0.4, 0.5) is 0 Å². The molecule has 0 aromatic heterocycles. The molecule has 0 bridgehead atoms. The summed E-state index contributed by atoms with van der Waals surface area (Å²) >= 11 is 6.22. The third-order valence-corrected chi connectivity index (χ3v) is 5.08. The number of carbonyl (C=O) groups is 1. The number of hydrogen-bond acceptors (Lipinski definition) is 3. The smallest absolute Gasteiger partial charge is 0.251 e. The molecule has 0 aliphatic carbocycles. The Hall–Kier alpha value is -1.88. The van der Waals surface area contributed by atoms with Crippen LogP contribution in [-0.4, -0.2) is 48.2 Å². The molecule has 4 nitrogen and oxygen atoms in total. The quantitative estimate of drug-likeness (QED) is 0.762. The first-order chi connectivity index (χ1) is 12.6. The third kappa shape index (κ3) is 5.07. The highest BCUT2D eigenvalue weighted by atomic mass is 35.5. The van der Waals surface area contributed by atoms with Crippen LogP contribution in [0.25, 0.3) is 11.1 Å². The Morgan fingerprint density at radius 3 is 2.69 bits per heavy atom. The summed E-state index contributed by atoms with van der Waals surface area (Å²) in [5, 5.41) is 13.3. The van der Waals surface area contributed by atoms with Crippen molar-refractivity contribution >= 4 is 17.5 Å². The van der Waals surface area contributed by atoms with Gasteiger partial charge in [0.25, 0.3) is 5.91 Å². The molecule has 5 heteroatoms. The average Bonchev–Trinajstić information content (AvgIpc) is 2.66. The topological polar surface area (TPSA) is 52.6 Å². The zero-order chi connectivity index (χ0) is 18.4. The van der Waals surface area contributed by atoms with Crippen molar-refractivity contribution in [2.75, 3.05) is 26.2 Å². The monoisotopic (exact) mass is 372 g/mol. The lowest BCUT2D eigenvalue weighted by molar-refractivity contribution is 0.0697. The highest BCUT2D eigenvalue weighted by Crippen LogP contribution is 2.27. The van der Waals surface area contributed by atoms with E-state index in [1.807, 2.05) is 48.5 Å². The van der Waals surface area contributed by atoms with Gasteiger partial charge in [-0.25, -0.2) is 0 Å². The second-order valence-corrected chi connectivity index (χ2v) is 7.17. The molecule has 1 fully saturated rings. The number of halogens is 1. The van der Waals surface area contributed by atoms with Gasteiger partial charge in [-0.3, -0.25) is 4.79 Å². The van der Waals surface area contributed by atoms with Gasteiger partial charge in [0.1, 0.15) is 0 Å². The largest absolute Gasteiger partial charge is 0.392 e. The van der Waals surface area contributed by atoms with E-state index in [0.717, 1.165) is 50.0 Å². The molecule has 3 rings (SSSR count). The number of piperidine rings is 1. The summed E-state index contributed by atoms with van der Waals surface area (Å²) in [5.41, 5.74) is 2.61. The van der Waals surface area contributed by atoms with E-state index in [1.54, 1.807) is 0 Å². The Labute approximate surface area is 159 Å².